The van der Waals surface area contributed by atoms with Crippen molar-refractivity contribution >= 4 is 11.9 Å². The Morgan fingerprint density at radius 1 is 1.43 bits per heavy atom. The monoisotopic (exact) mass is 289 g/mol. The lowest BCUT2D eigenvalue weighted by Gasteiger charge is -2.13. The van der Waals surface area contributed by atoms with Gasteiger partial charge in [0.25, 0.3) is 5.91 Å². The molecule has 0 aromatic heterocycles. The Kier molecular flexibility index (Phi) is 6.44. The predicted octanol–water partition coefficient (Wildman–Crippen LogP) is 1.02. The summed E-state index contributed by atoms with van der Waals surface area (Å²) in [7, 11) is 0. The summed E-state index contributed by atoms with van der Waals surface area (Å²) in [4.78, 5) is 23.8. The van der Waals surface area contributed by atoms with E-state index in [-0.39, 0.29) is 13.2 Å². The van der Waals surface area contributed by atoms with Crippen molar-refractivity contribution in [1.82, 2.24) is 5.32 Å². The summed E-state index contributed by atoms with van der Waals surface area (Å²) in [5, 5.41) is 11.3. The maximum Gasteiger partial charge on any atom is 0.328 e. The fourth-order valence-electron chi connectivity index (χ4n) is 1.69. The van der Waals surface area contributed by atoms with Crippen LogP contribution >= 0.6 is 0 Å². The standard InChI is InChI=1S/C16H19NO4/c1-4-21-16(20)12(3)17-15(19)14-10-11(2)7-8-13(14)6-5-9-18/h7-8,10,12,18H,4,9H2,1-3H3,(H,17,19). The number of benzene rings is 1. The molecule has 112 valence electrons. The van der Waals surface area contributed by atoms with Crippen molar-refractivity contribution < 1.29 is 19.4 Å². The number of aryl methyl sites for hydroxylation is 1. The highest BCUT2D eigenvalue weighted by molar-refractivity contribution is 5.99. The molecule has 0 aliphatic rings. The Bertz CT molecular complexity index is 584. The van der Waals surface area contributed by atoms with Gasteiger partial charge in [-0.15, -0.1) is 0 Å². The molecule has 1 rings (SSSR count). The molecule has 21 heavy (non-hydrogen) atoms. The number of carbonyl (C=O) groups is 2. The molecular formula is C16H19NO4. The third-order valence-electron chi connectivity index (χ3n) is 2.71. The van der Waals surface area contributed by atoms with E-state index in [0.717, 1.165) is 5.56 Å². The molecule has 5 heteroatoms. The smallest absolute Gasteiger partial charge is 0.328 e. The van der Waals surface area contributed by atoms with E-state index in [1.54, 1.807) is 26.0 Å². The molecule has 0 aliphatic heterocycles. The van der Waals surface area contributed by atoms with Gasteiger partial charge in [-0.3, -0.25) is 4.79 Å². The Balaban J connectivity index is 2.96. The van der Waals surface area contributed by atoms with Crippen LogP contribution in [0.1, 0.15) is 35.3 Å². The minimum Gasteiger partial charge on any atom is -0.464 e. The number of hydrogen-bond donors (Lipinski definition) is 2. The van der Waals surface area contributed by atoms with Gasteiger partial charge in [-0.1, -0.05) is 23.5 Å². The van der Waals surface area contributed by atoms with Gasteiger partial charge in [-0.2, -0.15) is 0 Å². The molecule has 0 spiro atoms. The summed E-state index contributed by atoms with van der Waals surface area (Å²) >= 11 is 0. The van der Waals surface area contributed by atoms with E-state index in [9.17, 15) is 9.59 Å². The first kappa shape index (κ1) is 16.7. The molecular weight excluding hydrogens is 270 g/mol. The van der Waals surface area contributed by atoms with Crippen molar-refractivity contribution in [3.05, 3.63) is 34.9 Å². The topological polar surface area (TPSA) is 75.6 Å². The van der Waals surface area contributed by atoms with Gasteiger partial charge in [-0.25, -0.2) is 4.79 Å². The van der Waals surface area contributed by atoms with Crippen LogP contribution in [0.2, 0.25) is 0 Å². The Labute approximate surface area is 124 Å². The van der Waals surface area contributed by atoms with Crippen LogP contribution in [0.25, 0.3) is 0 Å². The summed E-state index contributed by atoms with van der Waals surface area (Å²) in [5.41, 5.74) is 1.77. The molecule has 1 amide bonds. The summed E-state index contributed by atoms with van der Waals surface area (Å²) in [6.07, 6.45) is 0. The molecule has 0 aliphatic carbocycles. The van der Waals surface area contributed by atoms with Crippen molar-refractivity contribution in [2.24, 2.45) is 0 Å². The van der Waals surface area contributed by atoms with Crippen molar-refractivity contribution in [3.8, 4) is 11.8 Å². The lowest BCUT2D eigenvalue weighted by molar-refractivity contribution is -0.144. The quantitative estimate of drug-likeness (QED) is 0.641. The first-order valence-electron chi connectivity index (χ1n) is 6.67. The van der Waals surface area contributed by atoms with Gasteiger partial charge in [0.1, 0.15) is 12.6 Å². The molecule has 0 radical (unpaired) electrons. The van der Waals surface area contributed by atoms with Crippen molar-refractivity contribution in [1.29, 1.82) is 0 Å². The Morgan fingerprint density at radius 3 is 2.76 bits per heavy atom. The summed E-state index contributed by atoms with van der Waals surface area (Å²) < 4.78 is 4.84. The number of ether oxygens (including phenoxy) is 1. The van der Waals surface area contributed by atoms with Gasteiger partial charge in [0.05, 0.1) is 12.2 Å². The first-order chi connectivity index (χ1) is 9.99. The van der Waals surface area contributed by atoms with E-state index >= 15 is 0 Å². The second kappa shape index (κ2) is 8.08. The molecule has 1 unspecified atom stereocenters. The van der Waals surface area contributed by atoms with Crippen LogP contribution in [0.5, 0.6) is 0 Å². The molecule has 2 N–H and O–H groups in total. The lowest BCUT2D eigenvalue weighted by atomic mass is 10.0. The van der Waals surface area contributed by atoms with E-state index < -0.39 is 17.9 Å². The second-order valence-electron chi connectivity index (χ2n) is 4.46. The Morgan fingerprint density at radius 2 is 2.14 bits per heavy atom. The third kappa shape index (κ3) is 4.93. The fourth-order valence-corrected chi connectivity index (χ4v) is 1.69. The van der Waals surface area contributed by atoms with Crippen LogP contribution in [-0.2, 0) is 9.53 Å². The number of carbonyl (C=O) groups excluding carboxylic acids is 2. The average Bonchev–Trinajstić information content (AvgIpc) is 2.46. The zero-order chi connectivity index (χ0) is 15.8. The highest BCUT2D eigenvalue weighted by Crippen LogP contribution is 2.11. The normalized spacial score (nSPS) is 11.0. The Hall–Kier alpha value is -2.32. The van der Waals surface area contributed by atoms with Gasteiger partial charge in [0, 0.05) is 5.56 Å². The largest absolute Gasteiger partial charge is 0.464 e. The van der Waals surface area contributed by atoms with Gasteiger partial charge in [0.15, 0.2) is 0 Å². The maximum absolute atomic E-state index is 12.3. The molecule has 0 saturated carbocycles. The number of hydrogen-bond acceptors (Lipinski definition) is 4. The first-order valence-corrected chi connectivity index (χ1v) is 6.67. The van der Waals surface area contributed by atoms with Crippen LogP contribution in [0.4, 0.5) is 0 Å². The molecule has 0 bridgehead atoms. The second-order valence-corrected chi connectivity index (χ2v) is 4.46. The van der Waals surface area contributed by atoms with Crippen LogP contribution in [-0.4, -0.2) is 36.2 Å². The highest BCUT2D eigenvalue weighted by Gasteiger charge is 2.19. The highest BCUT2D eigenvalue weighted by atomic mass is 16.5. The van der Waals surface area contributed by atoms with Crippen LogP contribution in [0.3, 0.4) is 0 Å². The number of nitrogens with one attached hydrogen (secondary N) is 1. The molecule has 0 heterocycles. The summed E-state index contributed by atoms with van der Waals surface area (Å²) in [6.45, 7) is 5.10. The average molecular weight is 289 g/mol. The molecule has 1 aromatic carbocycles. The zero-order valence-electron chi connectivity index (χ0n) is 12.4. The number of amides is 1. The molecule has 0 fully saturated rings. The molecule has 0 saturated heterocycles. The lowest BCUT2D eigenvalue weighted by Crippen LogP contribution is -2.39. The third-order valence-corrected chi connectivity index (χ3v) is 2.71. The van der Waals surface area contributed by atoms with Gasteiger partial charge < -0.3 is 15.2 Å². The molecule has 1 atom stereocenters. The van der Waals surface area contributed by atoms with E-state index in [1.165, 1.54) is 0 Å². The van der Waals surface area contributed by atoms with Gasteiger partial charge >= 0.3 is 5.97 Å². The number of aliphatic hydroxyl groups excluding tert-OH is 1. The number of esters is 1. The van der Waals surface area contributed by atoms with Gasteiger partial charge in [-0.05, 0) is 32.9 Å². The summed E-state index contributed by atoms with van der Waals surface area (Å²) in [6, 6.07) is 4.49. The van der Waals surface area contributed by atoms with E-state index in [2.05, 4.69) is 17.2 Å². The van der Waals surface area contributed by atoms with E-state index in [4.69, 9.17) is 9.84 Å². The predicted molar refractivity (Wildman–Crippen MR) is 78.7 cm³/mol. The molecule has 5 nitrogen and oxygen atoms in total. The fraction of sp³-hybridized carbons (Fsp3) is 0.375. The zero-order valence-corrected chi connectivity index (χ0v) is 12.4. The van der Waals surface area contributed by atoms with E-state index in [0.29, 0.717) is 11.1 Å². The molecule has 1 aromatic rings. The van der Waals surface area contributed by atoms with Gasteiger partial charge in [0.2, 0.25) is 0 Å². The van der Waals surface area contributed by atoms with Crippen LogP contribution in [0.15, 0.2) is 18.2 Å². The van der Waals surface area contributed by atoms with Crippen LogP contribution in [0, 0.1) is 18.8 Å². The van der Waals surface area contributed by atoms with Crippen molar-refractivity contribution in [3.63, 3.8) is 0 Å². The van der Waals surface area contributed by atoms with Crippen molar-refractivity contribution in [2.45, 2.75) is 26.8 Å². The minimum absolute atomic E-state index is 0.261. The van der Waals surface area contributed by atoms with E-state index in [1.807, 2.05) is 13.0 Å². The SMILES string of the molecule is CCOC(=O)C(C)NC(=O)c1cc(C)ccc1C#CCO. The minimum atomic E-state index is -0.739. The number of aliphatic hydroxyl groups is 1. The number of rotatable bonds is 4. The van der Waals surface area contributed by atoms with Crippen LogP contribution < -0.4 is 5.32 Å². The van der Waals surface area contributed by atoms with Crippen molar-refractivity contribution in [2.75, 3.05) is 13.2 Å². The summed E-state index contributed by atoms with van der Waals surface area (Å²) in [5.74, 6) is 4.35. The maximum atomic E-state index is 12.3.